The highest BCUT2D eigenvalue weighted by atomic mass is 16.5. The summed E-state index contributed by atoms with van der Waals surface area (Å²) in [6.07, 6.45) is 1.41. The molecular weight excluding hydrogens is 318 g/mol. The Balaban J connectivity index is 1.70. The highest BCUT2D eigenvalue weighted by Gasteiger charge is 2.16. The first-order valence-corrected chi connectivity index (χ1v) is 7.80. The third-order valence-electron chi connectivity index (χ3n) is 3.63. The maximum absolute atomic E-state index is 12.4. The van der Waals surface area contributed by atoms with Crippen LogP contribution in [0, 0.1) is 6.92 Å². The van der Waals surface area contributed by atoms with Gasteiger partial charge < -0.3 is 14.5 Å². The van der Waals surface area contributed by atoms with E-state index in [1.807, 2.05) is 31.2 Å². The monoisotopic (exact) mass is 335 g/mol. The van der Waals surface area contributed by atoms with Gasteiger partial charge in [0.25, 0.3) is 5.91 Å². The number of aryl methyl sites for hydroxylation is 1. The molecule has 0 radical (unpaired) electrons. The van der Waals surface area contributed by atoms with Crippen LogP contribution in [0.1, 0.15) is 32.0 Å². The van der Waals surface area contributed by atoms with Crippen molar-refractivity contribution in [2.24, 2.45) is 0 Å². The van der Waals surface area contributed by atoms with Crippen LogP contribution in [0.4, 0.5) is 5.69 Å². The van der Waals surface area contributed by atoms with Crippen LogP contribution in [-0.4, -0.2) is 11.9 Å². The molecule has 3 rings (SSSR count). The van der Waals surface area contributed by atoms with Gasteiger partial charge in [-0.2, -0.15) is 0 Å². The van der Waals surface area contributed by atoms with Crippen LogP contribution in [0.5, 0.6) is 0 Å². The van der Waals surface area contributed by atoms with Gasteiger partial charge in [0.05, 0.1) is 17.5 Å². The highest BCUT2D eigenvalue weighted by molar-refractivity contribution is 6.06. The maximum atomic E-state index is 12.4. The summed E-state index contributed by atoms with van der Waals surface area (Å²) in [5.74, 6) is -0.762. The molecule has 0 spiro atoms. The van der Waals surface area contributed by atoms with Crippen molar-refractivity contribution in [2.75, 3.05) is 5.32 Å². The van der Waals surface area contributed by atoms with Crippen LogP contribution in [0.15, 0.2) is 71.3 Å². The number of nitrogens with one attached hydrogen (secondary N) is 1. The van der Waals surface area contributed by atoms with Gasteiger partial charge >= 0.3 is 5.97 Å². The van der Waals surface area contributed by atoms with Crippen molar-refractivity contribution in [1.82, 2.24) is 0 Å². The predicted molar refractivity (Wildman–Crippen MR) is 93.4 cm³/mol. The van der Waals surface area contributed by atoms with Crippen LogP contribution in [0.2, 0.25) is 0 Å². The van der Waals surface area contributed by atoms with E-state index in [0.717, 1.165) is 11.1 Å². The molecule has 0 unspecified atom stereocenters. The van der Waals surface area contributed by atoms with Crippen molar-refractivity contribution in [3.8, 4) is 0 Å². The molecule has 5 heteroatoms. The fourth-order valence-corrected chi connectivity index (χ4v) is 2.27. The molecule has 0 saturated carbocycles. The molecule has 1 N–H and O–H groups in total. The summed E-state index contributed by atoms with van der Waals surface area (Å²) in [5, 5.41) is 2.67. The Morgan fingerprint density at radius 2 is 1.76 bits per heavy atom. The first kappa shape index (κ1) is 16.5. The molecule has 0 saturated heterocycles. The fourth-order valence-electron chi connectivity index (χ4n) is 2.27. The number of benzene rings is 2. The molecule has 25 heavy (non-hydrogen) atoms. The molecule has 3 aromatic rings. The lowest BCUT2D eigenvalue weighted by atomic mass is 10.1. The Morgan fingerprint density at radius 1 is 1.00 bits per heavy atom. The molecule has 1 heterocycles. The van der Waals surface area contributed by atoms with Crippen molar-refractivity contribution >= 4 is 17.6 Å². The summed E-state index contributed by atoms with van der Waals surface area (Å²) in [7, 11) is 0. The number of carbonyl (C=O) groups is 2. The van der Waals surface area contributed by atoms with Gasteiger partial charge in [0.2, 0.25) is 0 Å². The van der Waals surface area contributed by atoms with Crippen molar-refractivity contribution in [3.63, 3.8) is 0 Å². The second-order valence-electron chi connectivity index (χ2n) is 5.54. The molecule has 0 fully saturated rings. The minimum absolute atomic E-state index is 0.166. The summed E-state index contributed by atoms with van der Waals surface area (Å²) >= 11 is 0. The number of esters is 1. The Morgan fingerprint density at radius 3 is 2.48 bits per heavy atom. The Kier molecular flexibility index (Phi) is 4.95. The summed E-state index contributed by atoms with van der Waals surface area (Å²) in [6.45, 7) is 2.16. The van der Waals surface area contributed by atoms with Crippen molar-refractivity contribution < 1.29 is 18.7 Å². The van der Waals surface area contributed by atoms with Gasteiger partial charge in [-0.05, 0) is 36.8 Å². The zero-order chi connectivity index (χ0) is 17.6. The van der Waals surface area contributed by atoms with E-state index in [0.29, 0.717) is 5.69 Å². The summed E-state index contributed by atoms with van der Waals surface area (Å²) < 4.78 is 10.4. The Hall–Kier alpha value is -3.34. The van der Waals surface area contributed by atoms with Crippen LogP contribution in [-0.2, 0) is 11.3 Å². The molecule has 1 amide bonds. The number of anilines is 1. The van der Waals surface area contributed by atoms with Gasteiger partial charge in [0.15, 0.2) is 5.76 Å². The second-order valence-corrected chi connectivity index (χ2v) is 5.54. The molecule has 126 valence electrons. The minimum Gasteiger partial charge on any atom is -0.459 e. The number of hydrogen-bond donors (Lipinski definition) is 1. The van der Waals surface area contributed by atoms with Gasteiger partial charge in [0, 0.05) is 0 Å². The van der Waals surface area contributed by atoms with Crippen LogP contribution in [0.3, 0.4) is 0 Å². The van der Waals surface area contributed by atoms with Gasteiger partial charge in [-0.1, -0.05) is 42.0 Å². The molecule has 5 nitrogen and oxygen atoms in total. The molecule has 2 aromatic carbocycles. The van der Waals surface area contributed by atoms with Gasteiger partial charge in [-0.25, -0.2) is 4.79 Å². The van der Waals surface area contributed by atoms with Crippen LogP contribution in [0.25, 0.3) is 0 Å². The van der Waals surface area contributed by atoms with E-state index >= 15 is 0 Å². The number of carbonyl (C=O) groups excluding carboxylic acids is 2. The Labute approximate surface area is 145 Å². The third-order valence-corrected chi connectivity index (χ3v) is 3.63. The first-order chi connectivity index (χ1) is 12.1. The second kappa shape index (κ2) is 7.49. The smallest absolute Gasteiger partial charge is 0.340 e. The number of furan rings is 1. The minimum atomic E-state index is -0.504. The lowest BCUT2D eigenvalue weighted by Crippen LogP contribution is -2.15. The van der Waals surface area contributed by atoms with Crippen molar-refractivity contribution in [1.29, 1.82) is 0 Å². The SMILES string of the molecule is Cc1ccc(COC(=O)c2ccccc2NC(=O)c2ccco2)cc1. The molecule has 0 bridgehead atoms. The third kappa shape index (κ3) is 4.14. The van der Waals surface area contributed by atoms with E-state index in [1.165, 1.54) is 6.26 Å². The average molecular weight is 335 g/mol. The molecule has 0 atom stereocenters. The number of hydrogen-bond acceptors (Lipinski definition) is 4. The lowest BCUT2D eigenvalue weighted by Gasteiger charge is -2.10. The van der Waals surface area contributed by atoms with Crippen LogP contribution < -0.4 is 5.32 Å². The Bertz CT molecular complexity index is 867. The number of rotatable bonds is 5. The standard InChI is InChI=1S/C20H17NO4/c1-14-8-10-15(11-9-14)13-25-20(23)16-5-2-3-6-17(16)21-19(22)18-7-4-12-24-18/h2-12H,13H2,1H3,(H,21,22). The lowest BCUT2D eigenvalue weighted by molar-refractivity contribution is 0.0474. The van der Waals surface area contributed by atoms with E-state index in [1.54, 1.807) is 36.4 Å². The molecule has 0 aliphatic carbocycles. The molecule has 0 aliphatic heterocycles. The topological polar surface area (TPSA) is 68.5 Å². The van der Waals surface area contributed by atoms with E-state index in [4.69, 9.17) is 9.15 Å². The van der Waals surface area contributed by atoms with Crippen LogP contribution >= 0.6 is 0 Å². The van der Waals surface area contributed by atoms with E-state index in [-0.39, 0.29) is 17.9 Å². The number of amides is 1. The zero-order valence-corrected chi connectivity index (χ0v) is 13.7. The average Bonchev–Trinajstić information content (AvgIpc) is 3.16. The van der Waals surface area contributed by atoms with Gasteiger partial charge in [-0.15, -0.1) is 0 Å². The van der Waals surface area contributed by atoms with E-state index in [9.17, 15) is 9.59 Å². The zero-order valence-electron chi connectivity index (χ0n) is 13.7. The van der Waals surface area contributed by atoms with E-state index < -0.39 is 11.9 Å². The summed E-state index contributed by atoms with van der Waals surface area (Å²) in [6, 6.07) is 17.6. The first-order valence-electron chi connectivity index (χ1n) is 7.80. The van der Waals surface area contributed by atoms with Crippen molar-refractivity contribution in [2.45, 2.75) is 13.5 Å². The predicted octanol–water partition coefficient (Wildman–Crippen LogP) is 4.20. The van der Waals surface area contributed by atoms with Gasteiger partial charge in [0.1, 0.15) is 6.61 Å². The fraction of sp³-hybridized carbons (Fsp3) is 0.100. The number of ether oxygens (including phenoxy) is 1. The van der Waals surface area contributed by atoms with Crippen molar-refractivity contribution in [3.05, 3.63) is 89.4 Å². The number of para-hydroxylation sites is 1. The largest absolute Gasteiger partial charge is 0.459 e. The molecule has 1 aromatic heterocycles. The summed E-state index contributed by atoms with van der Waals surface area (Å²) in [5.41, 5.74) is 2.70. The molecular formula is C20H17NO4. The summed E-state index contributed by atoms with van der Waals surface area (Å²) in [4.78, 5) is 24.5. The highest BCUT2D eigenvalue weighted by Crippen LogP contribution is 2.18. The maximum Gasteiger partial charge on any atom is 0.340 e. The quantitative estimate of drug-likeness (QED) is 0.710. The van der Waals surface area contributed by atoms with E-state index in [2.05, 4.69) is 5.32 Å². The molecule has 0 aliphatic rings. The normalized spacial score (nSPS) is 10.3. The van der Waals surface area contributed by atoms with Gasteiger partial charge in [-0.3, -0.25) is 4.79 Å².